The fraction of sp³-hybridized carbons (Fsp3) is 0.625. The smallest absolute Gasteiger partial charge is 0.135 e. The van der Waals surface area contributed by atoms with Gasteiger partial charge in [-0.05, 0) is 36.4 Å². The van der Waals surface area contributed by atoms with Crippen molar-refractivity contribution in [3.05, 3.63) is 9.77 Å². The van der Waals surface area contributed by atoms with Crippen LogP contribution >= 0.6 is 22.6 Å². The van der Waals surface area contributed by atoms with Crippen LogP contribution in [0, 0.1) is 3.57 Å². The molecule has 0 aromatic carbocycles. The Labute approximate surface area is 91.6 Å². The monoisotopic (exact) mass is 295 g/mol. The van der Waals surface area contributed by atoms with Crippen molar-refractivity contribution >= 4 is 28.4 Å². The highest BCUT2D eigenvalue weighted by atomic mass is 127. The van der Waals surface area contributed by atoms with Gasteiger partial charge in [-0.3, -0.25) is 0 Å². The van der Waals surface area contributed by atoms with Crippen LogP contribution in [-0.2, 0) is 4.74 Å². The van der Waals surface area contributed by atoms with Gasteiger partial charge in [0, 0.05) is 6.61 Å². The topological polar surface area (TPSA) is 53.1 Å². The molecule has 0 aliphatic rings. The van der Waals surface area contributed by atoms with E-state index in [-0.39, 0.29) is 6.04 Å². The summed E-state index contributed by atoms with van der Waals surface area (Å²) in [4.78, 5) is 0. The van der Waals surface area contributed by atoms with Gasteiger partial charge in [0.05, 0.1) is 22.4 Å². The van der Waals surface area contributed by atoms with E-state index >= 15 is 0 Å². The number of hydrogen-bond acceptors (Lipinski definition) is 3. The summed E-state index contributed by atoms with van der Waals surface area (Å²) < 4.78 is 8.07. The first kappa shape index (κ1) is 10.8. The highest BCUT2D eigenvalue weighted by molar-refractivity contribution is 14.1. The molecule has 0 aliphatic heterocycles. The van der Waals surface area contributed by atoms with E-state index in [1.807, 2.05) is 13.8 Å². The van der Waals surface area contributed by atoms with Crippen molar-refractivity contribution in [2.75, 3.05) is 18.9 Å². The minimum absolute atomic E-state index is 0.198. The number of rotatable bonds is 4. The van der Waals surface area contributed by atoms with Gasteiger partial charge in [-0.15, -0.1) is 0 Å². The lowest BCUT2D eigenvalue weighted by molar-refractivity contribution is 0.115. The Morgan fingerprint density at radius 3 is 2.92 bits per heavy atom. The Morgan fingerprint density at radius 1 is 1.77 bits per heavy atom. The zero-order valence-corrected chi connectivity index (χ0v) is 9.98. The van der Waals surface area contributed by atoms with Crippen molar-refractivity contribution in [1.29, 1.82) is 0 Å². The lowest BCUT2D eigenvalue weighted by atomic mass is 10.4. The number of halogens is 1. The molecule has 1 unspecified atom stereocenters. The molecule has 0 amide bonds. The minimum atomic E-state index is 0.198. The molecule has 0 aliphatic carbocycles. The van der Waals surface area contributed by atoms with Crippen molar-refractivity contribution in [3.63, 3.8) is 0 Å². The van der Waals surface area contributed by atoms with Crippen LogP contribution in [-0.4, -0.2) is 23.0 Å². The SMILES string of the molecule is CCOCC(C)n1ncc(I)c1N. The van der Waals surface area contributed by atoms with Gasteiger partial charge in [0.1, 0.15) is 5.82 Å². The van der Waals surface area contributed by atoms with Crippen LogP contribution in [0.4, 0.5) is 5.82 Å². The van der Waals surface area contributed by atoms with Gasteiger partial charge in [0.2, 0.25) is 0 Å². The summed E-state index contributed by atoms with van der Waals surface area (Å²) in [7, 11) is 0. The molecule has 13 heavy (non-hydrogen) atoms. The summed E-state index contributed by atoms with van der Waals surface area (Å²) in [6.45, 7) is 5.39. The lowest BCUT2D eigenvalue weighted by Gasteiger charge is -2.13. The van der Waals surface area contributed by atoms with Gasteiger partial charge in [0.25, 0.3) is 0 Å². The average molecular weight is 295 g/mol. The summed E-state index contributed by atoms with van der Waals surface area (Å²) in [5.41, 5.74) is 5.81. The number of ether oxygens (including phenoxy) is 1. The van der Waals surface area contributed by atoms with Gasteiger partial charge in [-0.1, -0.05) is 0 Å². The maximum absolute atomic E-state index is 5.81. The first-order chi connectivity index (χ1) is 6.16. The molecule has 4 nitrogen and oxygen atoms in total. The van der Waals surface area contributed by atoms with E-state index in [2.05, 4.69) is 27.7 Å². The zero-order valence-electron chi connectivity index (χ0n) is 7.83. The van der Waals surface area contributed by atoms with Crippen LogP contribution in [0.1, 0.15) is 19.9 Å². The standard InChI is InChI=1S/C8H14IN3O/c1-3-13-5-6(2)12-8(10)7(9)4-11-12/h4,6H,3,5,10H2,1-2H3. The molecule has 1 heterocycles. The number of nitrogen functional groups attached to an aromatic ring is 1. The molecule has 1 aromatic heterocycles. The van der Waals surface area contributed by atoms with E-state index in [4.69, 9.17) is 10.5 Å². The van der Waals surface area contributed by atoms with Crippen LogP contribution in [0.3, 0.4) is 0 Å². The maximum atomic E-state index is 5.81. The largest absolute Gasteiger partial charge is 0.383 e. The maximum Gasteiger partial charge on any atom is 0.135 e. The molecule has 2 N–H and O–H groups in total. The molecule has 1 atom stereocenters. The molecule has 0 fully saturated rings. The number of hydrogen-bond donors (Lipinski definition) is 1. The highest BCUT2D eigenvalue weighted by Gasteiger charge is 2.10. The van der Waals surface area contributed by atoms with Crippen LogP contribution in [0.2, 0.25) is 0 Å². The lowest BCUT2D eigenvalue weighted by Crippen LogP contribution is -2.15. The van der Waals surface area contributed by atoms with Crippen LogP contribution < -0.4 is 5.73 Å². The summed E-state index contributed by atoms with van der Waals surface area (Å²) in [5.74, 6) is 0.716. The third-order valence-electron chi connectivity index (χ3n) is 1.77. The first-order valence-corrected chi connectivity index (χ1v) is 5.31. The van der Waals surface area contributed by atoms with E-state index in [1.165, 1.54) is 0 Å². The van der Waals surface area contributed by atoms with Gasteiger partial charge in [-0.2, -0.15) is 5.10 Å². The van der Waals surface area contributed by atoms with Crippen molar-refractivity contribution in [1.82, 2.24) is 9.78 Å². The molecule has 0 saturated heterocycles. The molecule has 1 rings (SSSR count). The minimum Gasteiger partial charge on any atom is -0.383 e. The Balaban J connectivity index is 2.65. The predicted octanol–water partition coefficient (Wildman–Crippen LogP) is 1.67. The fourth-order valence-electron chi connectivity index (χ4n) is 1.06. The molecule has 1 aromatic rings. The Kier molecular flexibility index (Phi) is 3.98. The third-order valence-corrected chi connectivity index (χ3v) is 2.60. The fourth-order valence-corrected chi connectivity index (χ4v) is 1.43. The van der Waals surface area contributed by atoms with E-state index in [0.29, 0.717) is 12.4 Å². The van der Waals surface area contributed by atoms with Crippen molar-refractivity contribution in [2.24, 2.45) is 0 Å². The van der Waals surface area contributed by atoms with Crippen LogP contribution in [0.25, 0.3) is 0 Å². The normalized spacial score (nSPS) is 13.2. The Hall–Kier alpha value is -0.300. The predicted molar refractivity (Wildman–Crippen MR) is 60.6 cm³/mol. The highest BCUT2D eigenvalue weighted by Crippen LogP contribution is 2.17. The second-order valence-electron chi connectivity index (χ2n) is 2.83. The molecular weight excluding hydrogens is 281 g/mol. The number of nitrogens with two attached hydrogens (primary N) is 1. The Bertz CT molecular complexity index is 274. The van der Waals surface area contributed by atoms with Gasteiger partial charge >= 0.3 is 0 Å². The van der Waals surface area contributed by atoms with Gasteiger partial charge < -0.3 is 10.5 Å². The molecule has 0 bridgehead atoms. The van der Waals surface area contributed by atoms with Gasteiger partial charge in [-0.25, -0.2) is 4.68 Å². The number of nitrogens with zero attached hydrogens (tertiary/aromatic N) is 2. The van der Waals surface area contributed by atoms with E-state index in [0.717, 1.165) is 10.2 Å². The Morgan fingerprint density at radius 2 is 2.46 bits per heavy atom. The van der Waals surface area contributed by atoms with Crippen molar-refractivity contribution in [2.45, 2.75) is 19.9 Å². The summed E-state index contributed by atoms with van der Waals surface area (Å²) in [6.07, 6.45) is 1.76. The molecule has 74 valence electrons. The molecule has 0 saturated carbocycles. The number of anilines is 1. The summed E-state index contributed by atoms with van der Waals surface area (Å²) in [5, 5.41) is 4.17. The second kappa shape index (κ2) is 4.80. The zero-order chi connectivity index (χ0) is 9.84. The summed E-state index contributed by atoms with van der Waals surface area (Å²) >= 11 is 2.17. The first-order valence-electron chi connectivity index (χ1n) is 4.23. The van der Waals surface area contributed by atoms with Gasteiger partial charge in [0.15, 0.2) is 0 Å². The van der Waals surface area contributed by atoms with E-state index in [9.17, 15) is 0 Å². The van der Waals surface area contributed by atoms with Crippen molar-refractivity contribution in [3.8, 4) is 0 Å². The molecule has 5 heteroatoms. The molecule has 0 radical (unpaired) electrons. The second-order valence-corrected chi connectivity index (χ2v) is 3.99. The van der Waals surface area contributed by atoms with Crippen LogP contribution in [0.15, 0.2) is 6.20 Å². The number of aromatic nitrogens is 2. The summed E-state index contributed by atoms with van der Waals surface area (Å²) in [6, 6.07) is 0.198. The quantitative estimate of drug-likeness (QED) is 0.860. The van der Waals surface area contributed by atoms with E-state index in [1.54, 1.807) is 10.9 Å². The molecular formula is C8H14IN3O. The van der Waals surface area contributed by atoms with Crippen molar-refractivity contribution < 1.29 is 4.74 Å². The molecule has 0 spiro atoms. The van der Waals surface area contributed by atoms with E-state index < -0.39 is 0 Å². The average Bonchev–Trinajstić information content (AvgIpc) is 2.44. The third kappa shape index (κ3) is 2.57. The van der Waals surface area contributed by atoms with Crippen LogP contribution in [0.5, 0.6) is 0 Å².